The summed E-state index contributed by atoms with van der Waals surface area (Å²) in [5.41, 5.74) is 2.50. The first kappa shape index (κ1) is 15.5. The average Bonchev–Trinajstić information content (AvgIpc) is 2.54. The van der Waals surface area contributed by atoms with Gasteiger partial charge in [0.05, 0.1) is 7.11 Å². The first-order valence-electron chi connectivity index (χ1n) is 7.58. The van der Waals surface area contributed by atoms with Crippen LogP contribution >= 0.6 is 0 Å². The van der Waals surface area contributed by atoms with Gasteiger partial charge in [0.15, 0.2) is 0 Å². The largest absolute Gasteiger partial charge is 0.497 e. The molecule has 3 nitrogen and oxygen atoms in total. The third-order valence-corrected chi connectivity index (χ3v) is 3.62. The molecular formula is C18H24N2O. The standard InChI is InChI=1S/C18H24N2O/c1-3-19-17(14-16-6-4-5-13-20-16)10-7-15-8-11-18(21-2)12-9-15/h4-6,8-9,11-13,17,19H,3,7,10,14H2,1-2H3. The Kier molecular flexibility index (Phi) is 6.22. The van der Waals surface area contributed by atoms with Crippen LogP contribution in [0.3, 0.4) is 0 Å². The van der Waals surface area contributed by atoms with Crippen LogP contribution in [0.25, 0.3) is 0 Å². The van der Waals surface area contributed by atoms with Gasteiger partial charge < -0.3 is 10.1 Å². The molecule has 0 bridgehead atoms. The van der Waals surface area contributed by atoms with E-state index >= 15 is 0 Å². The van der Waals surface area contributed by atoms with E-state index in [9.17, 15) is 0 Å². The van der Waals surface area contributed by atoms with Crippen molar-refractivity contribution in [2.75, 3.05) is 13.7 Å². The minimum absolute atomic E-state index is 0.465. The summed E-state index contributed by atoms with van der Waals surface area (Å²) in [6, 6.07) is 14.9. The van der Waals surface area contributed by atoms with Crippen LogP contribution in [0.15, 0.2) is 48.7 Å². The summed E-state index contributed by atoms with van der Waals surface area (Å²) >= 11 is 0. The number of aromatic nitrogens is 1. The Morgan fingerprint density at radius 2 is 1.95 bits per heavy atom. The number of nitrogens with one attached hydrogen (secondary N) is 1. The molecule has 1 N–H and O–H groups in total. The molecule has 2 aromatic rings. The van der Waals surface area contributed by atoms with E-state index in [-0.39, 0.29) is 0 Å². The van der Waals surface area contributed by atoms with Crippen molar-refractivity contribution < 1.29 is 4.74 Å². The highest BCUT2D eigenvalue weighted by molar-refractivity contribution is 5.27. The lowest BCUT2D eigenvalue weighted by atomic mass is 10.0. The van der Waals surface area contributed by atoms with Crippen LogP contribution < -0.4 is 10.1 Å². The first-order chi connectivity index (χ1) is 10.3. The van der Waals surface area contributed by atoms with Crippen LogP contribution in [0.1, 0.15) is 24.6 Å². The molecule has 0 aliphatic heterocycles. The molecule has 1 aromatic carbocycles. The highest BCUT2D eigenvalue weighted by atomic mass is 16.5. The summed E-state index contributed by atoms with van der Waals surface area (Å²) in [5.74, 6) is 0.912. The number of methoxy groups -OCH3 is 1. The fourth-order valence-electron chi connectivity index (χ4n) is 2.47. The predicted molar refractivity (Wildman–Crippen MR) is 86.7 cm³/mol. The molecule has 0 aliphatic rings. The summed E-state index contributed by atoms with van der Waals surface area (Å²) in [6.07, 6.45) is 5.01. The SMILES string of the molecule is CCNC(CCc1ccc(OC)cc1)Cc1ccccn1. The van der Waals surface area contributed by atoms with E-state index in [4.69, 9.17) is 4.74 Å². The van der Waals surface area contributed by atoms with Crippen molar-refractivity contribution in [3.63, 3.8) is 0 Å². The Hall–Kier alpha value is -1.87. The van der Waals surface area contributed by atoms with Crippen molar-refractivity contribution >= 4 is 0 Å². The molecular weight excluding hydrogens is 260 g/mol. The molecule has 2 rings (SSSR count). The minimum Gasteiger partial charge on any atom is -0.497 e. The smallest absolute Gasteiger partial charge is 0.118 e. The van der Waals surface area contributed by atoms with Gasteiger partial charge >= 0.3 is 0 Å². The van der Waals surface area contributed by atoms with Crippen molar-refractivity contribution in [1.82, 2.24) is 10.3 Å². The summed E-state index contributed by atoms with van der Waals surface area (Å²) < 4.78 is 5.19. The van der Waals surface area contributed by atoms with Gasteiger partial charge in [-0.1, -0.05) is 25.1 Å². The molecule has 0 radical (unpaired) electrons. The van der Waals surface area contributed by atoms with Crippen molar-refractivity contribution in [3.8, 4) is 5.75 Å². The molecule has 0 fully saturated rings. The zero-order chi connectivity index (χ0) is 14.9. The van der Waals surface area contributed by atoms with Crippen molar-refractivity contribution in [1.29, 1.82) is 0 Å². The van der Waals surface area contributed by atoms with E-state index in [1.165, 1.54) is 5.56 Å². The fourth-order valence-corrected chi connectivity index (χ4v) is 2.47. The topological polar surface area (TPSA) is 34.1 Å². The number of nitrogens with zero attached hydrogens (tertiary/aromatic N) is 1. The molecule has 0 saturated carbocycles. The number of ether oxygens (including phenoxy) is 1. The van der Waals surface area contributed by atoms with Crippen LogP contribution in [0.5, 0.6) is 5.75 Å². The van der Waals surface area contributed by atoms with Crippen molar-refractivity contribution in [2.24, 2.45) is 0 Å². The molecule has 0 aliphatic carbocycles. The number of benzene rings is 1. The Morgan fingerprint density at radius 3 is 2.57 bits per heavy atom. The van der Waals surface area contributed by atoms with Crippen molar-refractivity contribution in [2.45, 2.75) is 32.2 Å². The highest BCUT2D eigenvalue weighted by Crippen LogP contribution is 2.14. The lowest BCUT2D eigenvalue weighted by molar-refractivity contribution is 0.414. The second kappa shape index (κ2) is 8.42. The van der Waals surface area contributed by atoms with E-state index < -0.39 is 0 Å². The molecule has 0 spiro atoms. The molecule has 1 unspecified atom stereocenters. The van der Waals surface area contributed by atoms with E-state index in [0.29, 0.717) is 6.04 Å². The van der Waals surface area contributed by atoms with Gasteiger partial charge in [-0.2, -0.15) is 0 Å². The van der Waals surface area contributed by atoms with Gasteiger partial charge in [-0.25, -0.2) is 0 Å². The normalized spacial score (nSPS) is 12.1. The maximum Gasteiger partial charge on any atom is 0.118 e. The fraction of sp³-hybridized carbons (Fsp3) is 0.389. The summed E-state index contributed by atoms with van der Waals surface area (Å²) in [5, 5.41) is 3.56. The number of hydrogen-bond acceptors (Lipinski definition) is 3. The summed E-state index contributed by atoms with van der Waals surface area (Å²) in [7, 11) is 1.70. The molecule has 3 heteroatoms. The number of rotatable bonds is 8. The lowest BCUT2D eigenvalue weighted by Gasteiger charge is -2.17. The van der Waals surface area contributed by atoms with E-state index in [1.807, 2.05) is 24.4 Å². The molecule has 0 amide bonds. The molecule has 1 aromatic heterocycles. The lowest BCUT2D eigenvalue weighted by Crippen LogP contribution is -2.31. The Labute approximate surface area is 127 Å². The Morgan fingerprint density at radius 1 is 1.14 bits per heavy atom. The zero-order valence-electron chi connectivity index (χ0n) is 12.9. The third-order valence-electron chi connectivity index (χ3n) is 3.62. The number of aryl methyl sites for hydroxylation is 1. The highest BCUT2D eigenvalue weighted by Gasteiger charge is 2.09. The van der Waals surface area contributed by atoms with Gasteiger partial charge in [0, 0.05) is 24.4 Å². The van der Waals surface area contributed by atoms with E-state index in [0.717, 1.165) is 37.3 Å². The molecule has 0 saturated heterocycles. The molecule has 112 valence electrons. The molecule has 1 heterocycles. The van der Waals surface area contributed by atoms with Gasteiger partial charge in [0.25, 0.3) is 0 Å². The summed E-state index contributed by atoms with van der Waals surface area (Å²) in [4.78, 5) is 4.42. The van der Waals surface area contributed by atoms with Crippen LogP contribution in [0.2, 0.25) is 0 Å². The predicted octanol–water partition coefficient (Wildman–Crippen LogP) is 3.24. The van der Waals surface area contributed by atoms with Crippen molar-refractivity contribution in [3.05, 3.63) is 59.9 Å². The van der Waals surface area contributed by atoms with Gasteiger partial charge in [-0.05, 0) is 49.2 Å². The monoisotopic (exact) mass is 284 g/mol. The number of likely N-dealkylation sites (N-methyl/N-ethyl adjacent to an activating group) is 1. The van der Waals surface area contributed by atoms with Gasteiger partial charge in [-0.3, -0.25) is 4.98 Å². The number of hydrogen-bond donors (Lipinski definition) is 1. The zero-order valence-corrected chi connectivity index (χ0v) is 12.9. The van der Waals surface area contributed by atoms with Crippen LogP contribution in [0.4, 0.5) is 0 Å². The maximum absolute atomic E-state index is 5.19. The third kappa shape index (κ3) is 5.20. The quantitative estimate of drug-likeness (QED) is 0.808. The average molecular weight is 284 g/mol. The van der Waals surface area contributed by atoms with Crippen LogP contribution in [-0.4, -0.2) is 24.7 Å². The van der Waals surface area contributed by atoms with E-state index in [1.54, 1.807) is 7.11 Å². The minimum atomic E-state index is 0.465. The van der Waals surface area contributed by atoms with Crippen LogP contribution in [0, 0.1) is 0 Å². The molecule has 21 heavy (non-hydrogen) atoms. The Bertz CT molecular complexity index is 511. The second-order valence-electron chi connectivity index (χ2n) is 5.17. The molecule has 1 atom stereocenters. The van der Waals surface area contributed by atoms with Gasteiger partial charge in [-0.15, -0.1) is 0 Å². The maximum atomic E-state index is 5.19. The Balaban J connectivity index is 1.89. The first-order valence-corrected chi connectivity index (χ1v) is 7.58. The second-order valence-corrected chi connectivity index (χ2v) is 5.17. The van der Waals surface area contributed by atoms with Gasteiger partial charge in [0.1, 0.15) is 5.75 Å². The summed E-state index contributed by atoms with van der Waals surface area (Å²) in [6.45, 7) is 3.14. The van der Waals surface area contributed by atoms with Crippen LogP contribution in [-0.2, 0) is 12.8 Å². The number of pyridine rings is 1. The van der Waals surface area contributed by atoms with E-state index in [2.05, 4.69) is 41.5 Å². The van der Waals surface area contributed by atoms with Gasteiger partial charge in [0.2, 0.25) is 0 Å².